The van der Waals surface area contributed by atoms with Crippen LogP contribution in [-0.2, 0) is 13.1 Å². The third kappa shape index (κ3) is 3.65. The van der Waals surface area contributed by atoms with Gasteiger partial charge >= 0.3 is 0 Å². The van der Waals surface area contributed by atoms with Gasteiger partial charge in [-0.25, -0.2) is 0 Å². The number of hydrogen-bond donors (Lipinski definition) is 3. The SMILES string of the molecule is CN(C)Cc1cccc(NCc2cccc(O)c2O)c1. The van der Waals surface area contributed by atoms with Gasteiger partial charge in [-0.15, -0.1) is 0 Å². The highest BCUT2D eigenvalue weighted by molar-refractivity contribution is 5.49. The minimum absolute atomic E-state index is 0.0653. The summed E-state index contributed by atoms with van der Waals surface area (Å²) in [5.74, 6) is -0.157. The van der Waals surface area contributed by atoms with E-state index in [9.17, 15) is 10.2 Å². The van der Waals surface area contributed by atoms with Crippen molar-refractivity contribution in [2.24, 2.45) is 0 Å². The van der Waals surface area contributed by atoms with Crippen LogP contribution in [0, 0.1) is 0 Å². The highest BCUT2D eigenvalue weighted by atomic mass is 16.3. The normalized spacial score (nSPS) is 10.8. The molecule has 0 fully saturated rings. The highest BCUT2D eigenvalue weighted by Crippen LogP contribution is 2.28. The van der Waals surface area contributed by atoms with Gasteiger partial charge in [0.05, 0.1) is 0 Å². The molecule has 2 aromatic carbocycles. The molecule has 0 aliphatic carbocycles. The molecule has 0 aliphatic rings. The Hall–Kier alpha value is -2.20. The molecule has 0 aliphatic heterocycles. The van der Waals surface area contributed by atoms with Gasteiger partial charge in [-0.1, -0.05) is 24.3 Å². The van der Waals surface area contributed by atoms with Gasteiger partial charge in [0, 0.05) is 24.3 Å². The lowest BCUT2D eigenvalue weighted by molar-refractivity contribution is 0.400. The summed E-state index contributed by atoms with van der Waals surface area (Å²) in [5, 5.41) is 22.5. The molecule has 3 N–H and O–H groups in total. The molecule has 2 aromatic rings. The Labute approximate surface area is 119 Å². The standard InChI is InChI=1S/C16H20N2O2/c1-18(2)11-12-5-3-7-14(9-12)17-10-13-6-4-8-15(19)16(13)20/h3-9,17,19-20H,10-11H2,1-2H3. The first-order valence-corrected chi connectivity index (χ1v) is 6.53. The molecular weight excluding hydrogens is 252 g/mol. The summed E-state index contributed by atoms with van der Waals surface area (Å²) in [4.78, 5) is 2.11. The molecule has 0 unspecified atom stereocenters. The predicted octanol–water partition coefficient (Wildman–Crippen LogP) is 2.77. The maximum absolute atomic E-state index is 9.75. The van der Waals surface area contributed by atoms with Gasteiger partial charge < -0.3 is 20.4 Å². The molecule has 0 spiro atoms. The summed E-state index contributed by atoms with van der Waals surface area (Å²) < 4.78 is 0. The lowest BCUT2D eigenvalue weighted by Crippen LogP contribution is -2.10. The fourth-order valence-electron chi connectivity index (χ4n) is 2.06. The predicted molar refractivity (Wildman–Crippen MR) is 80.9 cm³/mol. The maximum atomic E-state index is 9.75. The van der Waals surface area contributed by atoms with Crippen molar-refractivity contribution in [3.8, 4) is 11.5 Å². The van der Waals surface area contributed by atoms with E-state index < -0.39 is 0 Å². The average Bonchev–Trinajstić information content (AvgIpc) is 2.40. The van der Waals surface area contributed by atoms with E-state index in [1.165, 1.54) is 11.6 Å². The molecule has 4 nitrogen and oxygen atoms in total. The van der Waals surface area contributed by atoms with Gasteiger partial charge in [0.25, 0.3) is 0 Å². The van der Waals surface area contributed by atoms with E-state index in [0.717, 1.165) is 12.2 Å². The van der Waals surface area contributed by atoms with Gasteiger partial charge in [0.15, 0.2) is 11.5 Å². The fourth-order valence-corrected chi connectivity index (χ4v) is 2.06. The molecular formula is C16H20N2O2. The Morgan fingerprint density at radius 3 is 2.55 bits per heavy atom. The molecule has 2 rings (SSSR count). The van der Waals surface area contributed by atoms with Gasteiger partial charge in [-0.05, 0) is 37.9 Å². The van der Waals surface area contributed by atoms with E-state index in [1.807, 2.05) is 26.2 Å². The van der Waals surface area contributed by atoms with E-state index in [2.05, 4.69) is 22.3 Å². The third-order valence-electron chi connectivity index (χ3n) is 3.01. The second-order valence-corrected chi connectivity index (χ2v) is 5.08. The second kappa shape index (κ2) is 6.30. The van der Waals surface area contributed by atoms with Crippen LogP contribution in [0.5, 0.6) is 11.5 Å². The lowest BCUT2D eigenvalue weighted by Gasteiger charge is -2.12. The Morgan fingerprint density at radius 1 is 1.05 bits per heavy atom. The smallest absolute Gasteiger partial charge is 0.162 e. The number of para-hydroxylation sites is 1. The van der Waals surface area contributed by atoms with Crippen molar-refractivity contribution in [1.29, 1.82) is 0 Å². The van der Waals surface area contributed by atoms with Crippen molar-refractivity contribution in [3.63, 3.8) is 0 Å². The van der Waals surface area contributed by atoms with Crippen LogP contribution in [0.15, 0.2) is 42.5 Å². The zero-order chi connectivity index (χ0) is 14.5. The topological polar surface area (TPSA) is 55.7 Å². The monoisotopic (exact) mass is 272 g/mol. The molecule has 0 saturated carbocycles. The van der Waals surface area contributed by atoms with Crippen molar-refractivity contribution < 1.29 is 10.2 Å². The summed E-state index contributed by atoms with van der Waals surface area (Å²) in [7, 11) is 4.07. The maximum Gasteiger partial charge on any atom is 0.162 e. The van der Waals surface area contributed by atoms with Crippen LogP contribution in [0.1, 0.15) is 11.1 Å². The Kier molecular flexibility index (Phi) is 4.48. The van der Waals surface area contributed by atoms with Crippen LogP contribution < -0.4 is 5.32 Å². The second-order valence-electron chi connectivity index (χ2n) is 5.08. The first kappa shape index (κ1) is 14.2. The zero-order valence-corrected chi connectivity index (χ0v) is 11.8. The number of anilines is 1. The van der Waals surface area contributed by atoms with E-state index in [0.29, 0.717) is 12.1 Å². The summed E-state index contributed by atoms with van der Waals surface area (Å²) in [6.07, 6.45) is 0. The Morgan fingerprint density at radius 2 is 1.80 bits per heavy atom. The molecule has 0 amide bonds. The van der Waals surface area contributed by atoms with Crippen LogP contribution in [0.25, 0.3) is 0 Å². The van der Waals surface area contributed by atoms with Gasteiger partial charge in [0.1, 0.15) is 0 Å². The Bertz CT molecular complexity index is 582. The highest BCUT2D eigenvalue weighted by Gasteiger charge is 2.05. The van der Waals surface area contributed by atoms with E-state index in [-0.39, 0.29) is 11.5 Å². The van der Waals surface area contributed by atoms with Gasteiger partial charge in [-0.2, -0.15) is 0 Å². The van der Waals surface area contributed by atoms with E-state index in [1.54, 1.807) is 12.1 Å². The van der Waals surface area contributed by atoms with Crippen molar-refractivity contribution in [2.45, 2.75) is 13.1 Å². The van der Waals surface area contributed by atoms with Crippen LogP contribution in [-0.4, -0.2) is 29.2 Å². The quantitative estimate of drug-likeness (QED) is 0.733. The van der Waals surface area contributed by atoms with Gasteiger partial charge in [0.2, 0.25) is 0 Å². The van der Waals surface area contributed by atoms with Crippen LogP contribution >= 0.6 is 0 Å². The molecule has 0 radical (unpaired) electrons. The minimum Gasteiger partial charge on any atom is -0.504 e. The van der Waals surface area contributed by atoms with Crippen LogP contribution in [0.2, 0.25) is 0 Å². The summed E-state index contributed by atoms with van der Waals surface area (Å²) in [5.41, 5.74) is 2.88. The molecule has 0 heterocycles. The van der Waals surface area contributed by atoms with Crippen molar-refractivity contribution in [3.05, 3.63) is 53.6 Å². The van der Waals surface area contributed by atoms with Crippen molar-refractivity contribution >= 4 is 5.69 Å². The van der Waals surface area contributed by atoms with E-state index in [4.69, 9.17) is 0 Å². The first-order chi connectivity index (χ1) is 9.56. The first-order valence-electron chi connectivity index (χ1n) is 6.53. The van der Waals surface area contributed by atoms with Crippen molar-refractivity contribution in [2.75, 3.05) is 19.4 Å². The lowest BCUT2D eigenvalue weighted by atomic mass is 10.1. The van der Waals surface area contributed by atoms with Crippen molar-refractivity contribution in [1.82, 2.24) is 4.90 Å². The molecule has 0 bridgehead atoms. The number of hydrogen-bond acceptors (Lipinski definition) is 4. The molecule has 0 aromatic heterocycles. The summed E-state index contributed by atoms with van der Waals surface area (Å²) >= 11 is 0. The summed E-state index contributed by atoms with van der Waals surface area (Å²) in [6, 6.07) is 13.1. The minimum atomic E-state index is -0.0920. The molecule has 106 valence electrons. The number of nitrogens with one attached hydrogen (secondary N) is 1. The molecule has 20 heavy (non-hydrogen) atoms. The number of phenolic OH excluding ortho intramolecular Hbond substituents is 2. The molecule has 0 atom stereocenters. The zero-order valence-electron chi connectivity index (χ0n) is 11.8. The number of nitrogens with zero attached hydrogens (tertiary/aromatic N) is 1. The fraction of sp³-hybridized carbons (Fsp3) is 0.250. The number of rotatable bonds is 5. The summed E-state index contributed by atoms with van der Waals surface area (Å²) in [6.45, 7) is 1.35. The molecule has 0 saturated heterocycles. The number of benzene rings is 2. The van der Waals surface area contributed by atoms with Crippen LogP contribution in [0.4, 0.5) is 5.69 Å². The number of phenols is 2. The Balaban J connectivity index is 2.05. The van der Waals surface area contributed by atoms with Crippen LogP contribution in [0.3, 0.4) is 0 Å². The van der Waals surface area contributed by atoms with E-state index >= 15 is 0 Å². The average molecular weight is 272 g/mol. The third-order valence-corrected chi connectivity index (χ3v) is 3.01. The largest absolute Gasteiger partial charge is 0.504 e. The number of aromatic hydroxyl groups is 2. The molecule has 4 heteroatoms. The van der Waals surface area contributed by atoms with Gasteiger partial charge in [-0.3, -0.25) is 0 Å².